The van der Waals surface area contributed by atoms with Gasteiger partial charge in [0.15, 0.2) is 0 Å². The second kappa shape index (κ2) is 7.60. The van der Waals surface area contributed by atoms with Crippen molar-refractivity contribution in [3.63, 3.8) is 0 Å². The summed E-state index contributed by atoms with van der Waals surface area (Å²) in [6.45, 7) is 0.626. The summed E-state index contributed by atoms with van der Waals surface area (Å²) in [5.74, 6) is 0.652. The minimum absolute atomic E-state index is 0. The maximum absolute atomic E-state index is 13.6. The summed E-state index contributed by atoms with van der Waals surface area (Å²) in [5, 5.41) is 2.96. The summed E-state index contributed by atoms with van der Waals surface area (Å²) in [4.78, 5) is 12.4. The third-order valence-electron chi connectivity index (χ3n) is 5.16. The Bertz CT molecular complexity index is 568. The van der Waals surface area contributed by atoms with Crippen molar-refractivity contribution in [1.29, 1.82) is 0 Å². The number of fused-ring (bicyclic) bond motifs is 2. The molecule has 2 saturated carbocycles. The highest BCUT2D eigenvalue weighted by Crippen LogP contribution is 2.47. The number of methoxy groups -OCH3 is 1. The van der Waals surface area contributed by atoms with Gasteiger partial charge < -0.3 is 15.8 Å². The Morgan fingerprint density at radius 2 is 2.13 bits per heavy atom. The van der Waals surface area contributed by atoms with Crippen LogP contribution < -0.4 is 11.1 Å². The molecule has 0 radical (unpaired) electrons. The lowest BCUT2D eigenvalue weighted by molar-refractivity contribution is -0.127. The second-order valence-electron chi connectivity index (χ2n) is 6.51. The lowest BCUT2D eigenvalue weighted by atomic mass is 9.84. The van der Waals surface area contributed by atoms with E-state index in [-0.39, 0.29) is 42.7 Å². The zero-order valence-corrected chi connectivity index (χ0v) is 14.1. The van der Waals surface area contributed by atoms with Gasteiger partial charge in [-0.15, -0.1) is 12.4 Å². The lowest BCUT2D eigenvalue weighted by Crippen LogP contribution is -2.45. The van der Waals surface area contributed by atoms with Gasteiger partial charge in [-0.2, -0.15) is 0 Å². The van der Waals surface area contributed by atoms with Crippen LogP contribution in [0, 0.1) is 23.6 Å². The van der Waals surface area contributed by atoms with E-state index in [9.17, 15) is 9.18 Å². The molecule has 23 heavy (non-hydrogen) atoms. The highest BCUT2D eigenvalue weighted by molar-refractivity contribution is 5.85. The van der Waals surface area contributed by atoms with Gasteiger partial charge in [-0.05, 0) is 48.8 Å². The van der Waals surface area contributed by atoms with Crippen molar-refractivity contribution < 1.29 is 13.9 Å². The second-order valence-corrected chi connectivity index (χ2v) is 6.51. The van der Waals surface area contributed by atoms with Crippen LogP contribution in [0.2, 0.25) is 0 Å². The number of carbonyl (C=O) groups excluding carboxylic acids is 1. The molecule has 2 aliphatic rings. The quantitative estimate of drug-likeness (QED) is 0.863. The zero-order valence-electron chi connectivity index (χ0n) is 13.3. The average Bonchev–Trinajstić information content (AvgIpc) is 3.09. The molecule has 6 heteroatoms. The van der Waals surface area contributed by atoms with Gasteiger partial charge in [0.2, 0.25) is 5.91 Å². The van der Waals surface area contributed by atoms with Crippen LogP contribution in [0.5, 0.6) is 0 Å². The first-order valence-corrected chi connectivity index (χ1v) is 7.89. The number of ether oxygens (including phenoxy) is 1. The van der Waals surface area contributed by atoms with E-state index < -0.39 is 0 Å². The van der Waals surface area contributed by atoms with Crippen LogP contribution in [0.25, 0.3) is 0 Å². The van der Waals surface area contributed by atoms with Gasteiger partial charge in [0.05, 0.1) is 12.5 Å². The van der Waals surface area contributed by atoms with Gasteiger partial charge in [0.25, 0.3) is 0 Å². The summed E-state index contributed by atoms with van der Waals surface area (Å²) in [6, 6.07) is 4.84. The van der Waals surface area contributed by atoms with Crippen LogP contribution in [0.4, 0.5) is 4.39 Å². The fourth-order valence-electron chi connectivity index (χ4n) is 4.04. The normalized spacial score (nSPS) is 28.5. The van der Waals surface area contributed by atoms with Crippen LogP contribution >= 0.6 is 12.4 Å². The van der Waals surface area contributed by atoms with Gasteiger partial charge in [0.1, 0.15) is 5.82 Å². The predicted molar refractivity (Wildman–Crippen MR) is 88.5 cm³/mol. The van der Waals surface area contributed by atoms with Gasteiger partial charge in [-0.1, -0.05) is 6.07 Å². The van der Waals surface area contributed by atoms with E-state index in [4.69, 9.17) is 10.5 Å². The number of rotatable bonds is 5. The van der Waals surface area contributed by atoms with Crippen molar-refractivity contribution in [1.82, 2.24) is 5.32 Å². The number of hydrogen-bond donors (Lipinski definition) is 2. The molecule has 2 fully saturated rings. The molecule has 1 aromatic carbocycles. The molecule has 2 bridgehead atoms. The van der Waals surface area contributed by atoms with E-state index in [1.165, 1.54) is 13.2 Å². The molecule has 4 nitrogen and oxygen atoms in total. The SMILES string of the molecule is COCc1cc(CNC(=O)C2C3CCC(C3)C2N)ccc1F.Cl. The largest absolute Gasteiger partial charge is 0.380 e. The first-order chi connectivity index (χ1) is 10.6. The number of carbonyl (C=O) groups is 1. The van der Waals surface area contributed by atoms with Gasteiger partial charge in [-0.3, -0.25) is 4.79 Å². The Hall–Kier alpha value is -1.17. The minimum Gasteiger partial charge on any atom is -0.380 e. The summed E-state index contributed by atoms with van der Waals surface area (Å²) < 4.78 is 18.5. The van der Waals surface area contributed by atoms with Gasteiger partial charge >= 0.3 is 0 Å². The monoisotopic (exact) mass is 342 g/mol. The molecule has 4 atom stereocenters. The van der Waals surface area contributed by atoms with Crippen LogP contribution in [0.1, 0.15) is 30.4 Å². The average molecular weight is 343 g/mol. The Labute approximate surface area is 142 Å². The van der Waals surface area contributed by atoms with Crippen LogP contribution in [-0.4, -0.2) is 19.1 Å². The van der Waals surface area contributed by atoms with Crippen LogP contribution in [-0.2, 0) is 22.7 Å². The molecule has 0 aliphatic heterocycles. The third-order valence-corrected chi connectivity index (χ3v) is 5.16. The highest BCUT2D eigenvalue weighted by Gasteiger charge is 2.48. The van der Waals surface area contributed by atoms with Gasteiger partial charge in [0, 0.05) is 25.3 Å². The maximum Gasteiger partial charge on any atom is 0.225 e. The molecule has 3 N–H and O–H groups in total. The molecule has 0 saturated heterocycles. The van der Waals surface area contributed by atoms with E-state index in [0.29, 0.717) is 23.9 Å². The first kappa shape index (κ1) is 18.2. The molecule has 0 spiro atoms. The third kappa shape index (κ3) is 3.67. The lowest BCUT2D eigenvalue weighted by Gasteiger charge is -2.27. The van der Waals surface area contributed by atoms with E-state index >= 15 is 0 Å². The Balaban J connectivity index is 0.00000192. The van der Waals surface area contributed by atoms with Crippen molar-refractivity contribution in [2.24, 2.45) is 23.5 Å². The number of hydrogen-bond acceptors (Lipinski definition) is 3. The van der Waals surface area contributed by atoms with Crippen molar-refractivity contribution in [3.8, 4) is 0 Å². The number of amides is 1. The number of nitrogens with one attached hydrogen (secondary N) is 1. The fourth-order valence-corrected chi connectivity index (χ4v) is 4.04. The van der Waals surface area contributed by atoms with E-state index in [2.05, 4.69) is 5.32 Å². The zero-order chi connectivity index (χ0) is 15.7. The van der Waals surface area contributed by atoms with E-state index in [1.54, 1.807) is 12.1 Å². The number of benzene rings is 1. The summed E-state index contributed by atoms with van der Waals surface area (Å²) >= 11 is 0. The first-order valence-electron chi connectivity index (χ1n) is 7.89. The summed E-state index contributed by atoms with van der Waals surface area (Å²) in [6.07, 6.45) is 3.37. The summed E-state index contributed by atoms with van der Waals surface area (Å²) in [7, 11) is 1.53. The Morgan fingerprint density at radius 1 is 1.39 bits per heavy atom. The molecule has 128 valence electrons. The summed E-state index contributed by atoms with van der Waals surface area (Å²) in [5.41, 5.74) is 7.57. The highest BCUT2D eigenvalue weighted by atomic mass is 35.5. The van der Waals surface area contributed by atoms with Crippen LogP contribution in [0.3, 0.4) is 0 Å². The standard InChI is InChI=1S/C17H23FN2O2.ClH/c1-22-9-13-6-10(2-5-14(13)18)8-20-17(21)15-11-3-4-12(7-11)16(15)19;/h2,5-6,11-12,15-16H,3-4,7-9,19H2,1H3,(H,20,21);1H. The number of nitrogens with two attached hydrogens (primary N) is 1. The molecule has 0 heterocycles. The van der Waals surface area contributed by atoms with Crippen molar-refractivity contribution in [2.45, 2.75) is 38.5 Å². The predicted octanol–water partition coefficient (Wildman–Crippen LogP) is 2.38. The van der Waals surface area contributed by atoms with Gasteiger partial charge in [-0.25, -0.2) is 4.39 Å². The molecule has 2 aliphatic carbocycles. The smallest absolute Gasteiger partial charge is 0.225 e. The van der Waals surface area contributed by atoms with Crippen molar-refractivity contribution in [2.75, 3.05) is 7.11 Å². The Morgan fingerprint density at radius 3 is 2.78 bits per heavy atom. The molecular weight excluding hydrogens is 319 g/mol. The molecular formula is C17H24ClFN2O2. The fraction of sp³-hybridized carbons (Fsp3) is 0.588. The van der Waals surface area contributed by atoms with Crippen LogP contribution in [0.15, 0.2) is 18.2 Å². The minimum atomic E-state index is -0.285. The topological polar surface area (TPSA) is 64.3 Å². The van der Waals surface area contributed by atoms with Crippen molar-refractivity contribution in [3.05, 3.63) is 35.1 Å². The van der Waals surface area contributed by atoms with Crippen molar-refractivity contribution >= 4 is 18.3 Å². The molecule has 3 rings (SSSR count). The van der Waals surface area contributed by atoms with E-state index in [0.717, 1.165) is 24.8 Å². The molecule has 0 aromatic heterocycles. The van der Waals surface area contributed by atoms with E-state index in [1.807, 2.05) is 0 Å². The molecule has 1 aromatic rings. The molecule has 4 unspecified atom stereocenters. The Kier molecular flexibility index (Phi) is 6.00. The molecule has 1 amide bonds. The number of halogens is 2. The maximum atomic E-state index is 13.6.